The number of hydrogen-bond donors (Lipinski definition) is 0. The molecule has 0 amide bonds. The van der Waals surface area contributed by atoms with Gasteiger partial charge in [-0.25, -0.2) is 4.98 Å². The lowest BCUT2D eigenvalue weighted by Crippen LogP contribution is -1.96. The summed E-state index contributed by atoms with van der Waals surface area (Å²) in [7, 11) is 0. The van der Waals surface area contributed by atoms with Crippen LogP contribution in [0.15, 0.2) is 43.0 Å². The molecular weight excluding hydrogens is 184 g/mol. The molecule has 15 heavy (non-hydrogen) atoms. The molecule has 0 atom stereocenters. The highest BCUT2D eigenvalue weighted by molar-refractivity contribution is 5.81. The fourth-order valence-corrected chi connectivity index (χ4v) is 1.81. The van der Waals surface area contributed by atoms with Crippen molar-refractivity contribution in [3.63, 3.8) is 0 Å². The monoisotopic (exact) mass is 198 g/mol. The number of allylic oxidation sites excluding steroid dienone is 3. The van der Waals surface area contributed by atoms with Crippen LogP contribution in [0, 0.1) is 6.92 Å². The van der Waals surface area contributed by atoms with Gasteiger partial charge in [-0.15, -0.1) is 0 Å². The summed E-state index contributed by atoms with van der Waals surface area (Å²) < 4.78 is 2.11. The summed E-state index contributed by atoms with van der Waals surface area (Å²) in [6.07, 6.45) is 3.88. The van der Waals surface area contributed by atoms with Crippen LogP contribution in [0.1, 0.15) is 12.7 Å². The van der Waals surface area contributed by atoms with E-state index in [0.29, 0.717) is 0 Å². The molecule has 1 heterocycles. The van der Waals surface area contributed by atoms with Gasteiger partial charge in [0.1, 0.15) is 5.82 Å². The molecule has 2 nitrogen and oxygen atoms in total. The quantitative estimate of drug-likeness (QED) is 0.676. The Bertz CT molecular complexity index is 532. The van der Waals surface area contributed by atoms with Gasteiger partial charge in [0.25, 0.3) is 0 Å². The van der Waals surface area contributed by atoms with Crippen molar-refractivity contribution in [1.29, 1.82) is 0 Å². The minimum absolute atomic E-state index is 0.990. The Morgan fingerprint density at radius 3 is 2.80 bits per heavy atom. The van der Waals surface area contributed by atoms with Gasteiger partial charge in [0.15, 0.2) is 0 Å². The third-order valence-corrected chi connectivity index (χ3v) is 2.49. The van der Waals surface area contributed by atoms with Crippen molar-refractivity contribution in [3.05, 3.63) is 48.8 Å². The molecule has 0 bridgehead atoms. The molecule has 2 heteroatoms. The molecule has 0 saturated carbocycles. The van der Waals surface area contributed by atoms with Crippen LogP contribution in [0.3, 0.4) is 0 Å². The maximum atomic E-state index is 4.50. The van der Waals surface area contributed by atoms with Crippen LogP contribution in [0.2, 0.25) is 0 Å². The van der Waals surface area contributed by atoms with Gasteiger partial charge in [0, 0.05) is 5.70 Å². The Morgan fingerprint density at radius 2 is 2.13 bits per heavy atom. The van der Waals surface area contributed by atoms with E-state index >= 15 is 0 Å². The zero-order valence-corrected chi connectivity index (χ0v) is 9.07. The van der Waals surface area contributed by atoms with E-state index in [0.717, 1.165) is 22.6 Å². The third-order valence-electron chi connectivity index (χ3n) is 2.49. The van der Waals surface area contributed by atoms with Crippen molar-refractivity contribution in [2.75, 3.05) is 0 Å². The first kappa shape index (κ1) is 9.71. The summed E-state index contributed by atoms with van der Waals surface area (Å²) in [5.41, 5.74) is 3.22. The first-order valence-corrected chi connectivity index (χ1v) is 5.01. The number of nitrogens with zero attached hydrogens (tertiary/aromatic N) is 2. The molecule has 76 valence electrons. The number of rotatable bonds is 2. The Labute approximate surface area is 89.6 Å². The second-order valence-corrected chi connectivity index (χ2v) is 3.40. The first-order valence-electron chi connectivity index (χ1n) is 5.01. The zero-order valence-electron chi connectivity index (χ0n) is 9.07. The number of fused-ring (bicyclic) bond motifs is 1. The average molecular weight is 198 g/mol. The summed E-state index contributed by atoms with van der Waals surface area (Å²) in [5.74, 6) is 0.990. The largest absolute Gasteiger partial charge is 0.297 e. The molecule has 0 spiro atoms. The molecule has 0 radical (unpaired) electrons. The van der Waals surface area contributed by atoms with Gasteiger partial charge in [-0.3, -0.25) is 4.57 Å². The van der Waals surface area contributed by atoms with Gasteiger partial charge >= 0.3 is 0 Å². The summed E-state index contributed by atoms with van der Waals surface area (Å²) in [4.78, 5) is 4.50. The van der Waals surface area contributed by atoms with E-state index in [-0.39, 0.29) is 0 Å². The first-order chi connectivity index (χ1) is 7.27. The van der Waals surface area contributed by atoms with Crippen molar-refractivity contribution in [1.82, 2.24) is 9.55 Å². The minimum atomic E-state index is 0.990. The molecular formula is C13H14N2. The average Bonchev–Trinajstić information content (AvgIpc) is 2.58. The fraction of sp³-hybridized carbons (Fsp3) is 0.154. The number of para-hydroxylation sites is 2. The second-order valence-electron chi connectivity index (χ2n) is 3.40. The zero-order chi connectivity index (χ0) is 10.8. The Balaban J connectivity index is 2.79. The molecule has 0 aliphatic rings. The highest BCUT2D eigenvalue weighted by atomic mass is 15.1. The highest BCUT2D eigenvalue weighted by Crippen LogP contribution is 2.20. The summed E-state index contributed by atoms with van der Waals surface area (Å²) in [6, 6.07) is 8.12. The molecule has 0 aliphatic carbocycles. The third kappa shape index (κ3) is 1.48. The lowest BCUT2D eigenvalue weighted by molar-refractivity contribution is 1.03. The molecule has 0 aliphatic heterocycles. The normalized spacial score (nSPS) is 12.0. The Kier molecular flexibility index (Phi) is 2.42. The van der Waals surface area contributed by atoms with Gasteiger partial charge in [-0.1, -0.05) is 24.8 Å². The predicted molar refractivity (Wildman–Crippen MR) is 64.6 cm³/mol. The van der Waals surface area contributed by atoms with E-state index in [4.69, 9.17) is 0 Å². The van der Waals surface area contributed by atoms with Crippen molar-refractivity contribution < 1.29 is 0 Å². The van der Waals surface area contributed by atoms with E-state index in [2.05, 4.69) is 22.2 Å². The van der Waals surface area contributed by atoms with Crippen molar-refractivity contribution in [2.45, 2.75) is 13.8 Å². The summed E-state index contributed by atoms with van der Waals surface area (Å²) in [6.45, 7) is 7.83. The standard InChI is InChI=1S/C13H14N2/c1-4-11(5-2)15-10(3)14-12-8-6-7-9-13(12)15/h4-9H,1H2,2-3H3/b11-5+. The van der Waals surface area contributed by atoms with Crippen LogP contribution in [-0.4, -0.2) is 9.55 Å². The van der Waals surface area contributed by atoms with Gasteiger partial charge in [0.05, 0.1) is 11.0 Å². The van der Waals surface area contributed by atoms with Crippen LogP contribution < -0.4 is 0 Å². The maximum absolute atomic E-state index is 4.50. The molecule has 2 aromatic rings. The van der Waals surface area contributed by atoms with Gasteiger partial charge in [-0.2, -0.15) is 0 Å². The molecule has 1 aromatic heterocycles. The predicted octanol–water partition coefficient (Wildman–Crippen LogP) is 3.39. The Hall–Kier alpha value is -1.83. The van der Waals surface area contributed by atoms with Gasteiger partial charge < -0.3 is 0 Å². The van der Waals surface area contributed by atoms with Crippen LogP contribution >= 0.6 is 0 Å². The van der Waals surface area contributed by atoms with Crippen LogP contribution in [0.4, 0.5) is 0 Å². The van der Waals surface area contributed by atoms with E-state index in [1.54, 1.807) is 0 Å². The van der Waals surface area contributed by atoms with Crippen LogP contribution in [0.25, 0.3) is 16.7 Å². The topological polar surface area (TPSA) is 17.8 Å². The molecule has 0 unspecified atom stereocenters. The van der Waals surface area contributed by atoms with Crippen LogP contribution in [0.5, 0.6) is 0 Å². The van der Waals surface area contributed by atoms with Crippen molar-refractivity contribution >= 4 is 16.7 Å². The number of benzene rings is 1. The lowest BCUT2D eigenvalue weighted by atomic mass is 10.3. The fourth-order valence-electron chi connectivity index (χ4n) is 1.81. The van der Waals surface area contributed by atoms with Crippen molar-refractivity contribution in [2.24, 2.45) is 0 Å². The SMILES string of the molecule is C=C/C(=C\C)n1c(C)nc2ccccc21. The van der Waals surface area contributed by atoms with Gasteiger partial charge in [-0.05, 0) is 32.1 Å². The number of aromatic nitrogens is 2. The minimum Gasteiger partial charge on any atom is -0.297 e. The smallest absolute Gasteiger partial charge is 0.111 e. The summed E-state index contributed by atoms with van der Waals surface area (Å²) >= 11 is 0. The lowest BCUT2D eigenvalue weighted by Gasteiger charge is -2.06. The number of aryl methyl sites for hydroxylation is 1. The summed E-state index contributed by atoms with van der Waals surface area (Å²) in [5, 5.41) is 0. The second kappa shape index (κ2) is 3.73. The molecule has 0 N–H and O–H groups in total. The maximum Gasteiger partial charge on any atom is 0.111 e. The van der Waals surface area contributed by atoms with Gasteiger partial charge in [0.2, 0.25) is 0 Å². The van der Waals surface area contributed by atoms with E-state index in [9.17, 15) is 0 Å². The number of hydrogen-bond acceptors (Lipinski definition) is 1. The molecule has 2 rings (SSSR count). The van der Waals surface area contributed by atoms with E-state index < -0.39 is 0 Å². The van der Waals surface area contributed by atoms with E-state index in [1.165, 1.54) is 0 Å². The van der Waals surface area contributed by atoms with Crippen molar-refractivity contribution in [3.8, 4) is 0 Å². The highest BCUT2D eigenvalue weighted by Gasteiger charge is 2.07. The Morgan fingerprint density at radius 1 is 1.40 bits per heavy atom. The molecule has 0 fully saturated rings. The molecule has 1 aromatic carbocycles. The van der Waals surface area contributed by atoms with Crippen LogP contribution in [-0.2, 0) is 0 Å². The van der Waals surface area contributed by atoms with E-state index in [1.807, 2.05) is 44.2 Å². The number of imidazole rings is 1. The molecule has 0 saturated heterocycles.